The van der Waals surface area contributed by atoms with Gasteiger partial charge in [0.2, 0.25) is 11.8 Å². The van der Waals surface area contributed by atoms with E-state index in [2.05, 4.69) is 15.5 Å². The van der Waals surface area contributed by atoms with Crippen LogP contribution in [-0.4, -0.2) is 80.5 Å². The lowest BCUT2D eigenvalue weighted by atomic mass is 10.0. The van der Waals surface area contributed by atoms with Gasteiger partial charge in [-0.25, -0.2) is 0 Å². The number of methoxy groups -OCH3 is 1. The van der Waals surface area contributed by atoms with Gasteiger partial charge in [-0.3, -0.25) is 19.3 Å². The van der Waals surface area contributed by atoms with Gasteiger partial charge in [0, 0.05) is 52.0 Å². The fourth-order valence-electron chi connectivity index (χ4n) is 3.93. The average molecular weight is 467 g/mol. The van der Waals surface area contributed by atoms with E-state index in [1.807, 2.05) is 53.4 Å². The van der Waals surface area contributed by atoms with Crippen molar-refractivity contribution in [1.29, 1.82) is 0 Å². The number of amides is 3. The Morgan fingerprint density at radius 2 is 1.59 bits per heavy atom. The van der Waals surface area contributed by atoms with Gasteiger partial charge in [-0.15, -0.1) is 0 Å². The molecule has 1 aliphatic heterocycles. The molecule has 0 radical (unpaired) electrons. The van der Waals surface area contributed by atoms with E-state index >= 15 is 0 Å². The molecule has 0 spiro atoms. The molecule has 3 rings (SSSR count). The molecule has 1 fully saturated rings. The molecule has 1 aliphatic rings. The van der Waals surface area contributed by atoms with Crippen molar-refractivity contribution >= 4 is 17.7 Å². The molecule has 1 saturated heterocycles. The Bertz CT molecular complexity index is 915. The third kappa shape index (κ3) is 7.97. The van der Waals surface area contributed by atoms with Gasteiger partial charge in [0.1, 0.15) is 0 Å². The van der Waals surface area contributed by atoms with Crippen LogP contribution in [0.3, 0.4) is 0 Å². The second kappa shape index (κ2) is 13.5. The zero-order valence-electron chi connectivity index (χ0n) is 19.7. The summed E-state index contributed by atoms with van der Waals surface area (Å²) in [6.45, 7) is 3.95. The van der Waals surface area contributed by atoms with E-state index in [1.54, 1.807) is 19.2 Å². The smallest absolute Gasteiger partial charge is 0.251 e. The van der Waals surface area contributed by atoms with Gasteiger partial charge in [-0.05, 0) is 24.1 Å². The van der Waals surface area contributed by atoms with E-state index in [0.29, 0.717) is 51.4 Å². The Labute approximate surface area is 201 Å². The van der Waals surface area contributed by atoms with Crippen LogP contribution in [0.4, 0.5) is 0 Å². The predicted octanol–water partition coefficient (Wildman–Crippen LogP) is 1.84. The number of nitrogens with one attached hydrogen (secondary N) is 2. The number of hydrogen-bond acceptors (Lipinski definition) is 5. The molecule has 3 amide bonds. The molecule has 2 aromatic carbocycles. The third-order valence-corrected chi connectivity index (χ3v) is 5.86. The molecule has 8 nitrogen and oxygen atoms in total. The van der Waals surface area contributed by atoms with E-state index in [0.717, 1.165) is 12.0 Å². The summed E-state index contributed by atoms with van der Waals surface area (Å²) >= 11 is 0. The number of hydrogen-bond donors (Lipinski definition) is 2. The van der Waals surface area contributed by atoms with Crippen molar-refractivity contribution in [2.45, 2.75) is 18.9 Å². The zero-order chi connectivity index (χ0) is 24.2. The molecular weight excluding hydrogens is 432 g/mol. The van der Waals surface area contributed by atoms with E-state index in [1.165, 1.54) is 0 Å². The first-order valence-electron chi connectivity index (χ1n) is 11.7. The lowest BCUT2D eigenvalue weighted by Crippen LogP contribution is -2.51. The molecule has 2 aromatic rings. The fraction of sp³-hybridized carbons (Fsp3) is 0.423. The van der Waals surface area contributed by atoms with Gasteiger partial charge in [-0.2, -0.15) is 0 Å². The number of carbonyl (C=O) groups excluding carboxylic acids is 3. The highest BCUT2D eigenvalue weighted by Gasteiger charge is 2.26. The van der Waals surface area contributed by atoms with Crippen LogP contribution in [-0.2, 0) is 14.3 Å². The summed E-state index contributed by atoms with van der Waals surface area (Å²) in [5.74, 6) is -0.224. The number of nitrogens with zero attached hydrogens (tertiary/aromatic N) is 2. The number of ether oxygens (including phenoxy) is 1. The predicted molar refractivity (Wildman–Crippen MR) is 130 cm³/mol. The lowest BCUT2D eigenvalue weighted by molar-refractivity contribution is -0.133. The van der Waals surface area contributed by atoms with Crippen LogP contribution in [0.2, 0.25) is 0 Å². The van der Waals surface area contributed by atoms with Gasteiger partial charge in [0.25, 0.3) is 5.91 Å². The third-order valence-electron chi connectivity index (χ3n) is 5.86. The molecular formula is C26H34N4O4. The summed E-state index contributed by atoms with van der Waals surface area (Å²) in [7, 11) is 1.64. The van der Waals surface area contributed by atoms with Crippen LogP contribution >= 0.6 is 0 Å². The van der Waals surface area contributed by atoms with Crippen molar-refractivity contribution < 1.29 is 19.1 Å². The number of carbonyl (C=O) groups is 3. The van der Waals surface area contributed by atoms with Crippen molar-refractivity contribution in [2.75, 3.05) is 53.0 Å². The van der Waals surface area contributed by atoms with Crippen LogP contribution in [0.5, 0.6) is 0 Å². The highest BCUT2D eigenvalue weighted by molar-refractivity contribution is 5.94. The molecule has 0 saturated carbocycles. The van der Waals surface area contributed by atoms with E-state index in [-0.39, 0.29) is 24.1 Å². The van der Waals surface area contributed by atoms with Gasteiger partial charge >= 0.3 is 0 Å². The van der Waals surface area contributed by atoms with Crippen LogP contribution in [0.25, 0.3) is 0 Å². The van der Waals surface area contributed by atoms with Gasteiger partial charge in [-0.1, -0.05) is 48.5 Å². The summed E-state index contributed by atoms with van der Waals surface area (Å²) in [6.07, 6.45) is 0.969. The van der Waals surface area contributed by atoms with Crippen molar-refractivity contribution in [1.82, 2.24) is 20.4 Å². The normalized spacial score (nSPS) is 14.9. The highest BCUT2D eigenvalue weighted by atomic mass is 16.5. The number of piperazine rings is 1. The molecule has 8 heteroatoms. The number of benzene rings is 2. The number of rotatable bonds is 11. The minimum Gasteiger partial charge on any atom is -0.385 e. The summed E-state index contributed by atoms with van der Waals surface area (Å²) in [4.78, 5) is 41.8. The Balaban J connectivity index is 1.51. The highest BCUT2D eigenvalue weighted by Crippen LogP contribution is 2.19. The fourth-order valence-corrected chi connectivity index (χ4v) is 3.93. The maximum absolute atomic E-state index is 13.1. The Morgan fingerprint density at radius 1 is 0.941 bits per heavy atom. The first kappa shape index (κ1) is 25.4. The zero-order valence-corrected chi connectivity index (χ0v) is 19.7. The van der Waals surface area contributed by atoms with Crippen LogP contribution in [0.15, 0.2) is 60.7 Å². The Hall–Kier alpha value is -3.23. The van der Waals surface area contributed by atoms with Crippen molar-refractivity contribution in [3.63, 3.8) is 0 Å². The van der Waals surface area contributed by atoms with Crippen LogP contribution < -0.4 is 10.6 Å². The van der Waals surface area contributed by atoms with Crippen molar-refractivity contribution in [2.24, 2.45) is 0 Å². The van der Waals surface area contributed by atoms with E-state index < -0.39 is 6.04 Å². The quantitative estimate of drug-likeness (QED) is 0.493. The lowest BCUT2D eigenvalue weighted by Gasteiger charge is -2.35. The van der Waals surface area contributed by atoms with Crippen molar-refractivity contribution in [3.05, 3.63) is 71.8 Å². The maximum Gasteiger partial charge on any atom is 0.251 e. The average Bonchev–Trinajstić information content (AvgIpc) is 2.87. The minimum absolute atomic E-state index is 0.00844. The largest absolute Gasteiger partial charge is 0.385 e. The first-order valence-corrected chi connectivity index (χ1v) is 11.7. The molecule has 0 aliphatic carbocycles. The Kier molecular flexibility index (Phi) is 10.1. The maximum atomic E-state index is 13.1. The van der Waals surface area contributed by atoms with Crippen LogP contribution in [0.1, 0.15) is 34.8 Å². The van der Waals surface area contributed by atoms with Crippen molar-refractivity contribution in [3.8, 4) is 0 Å². The van der Waals surface area contributed by atoms with E-state index in [4.69, 9.17) is 4.74 Å². The SMILES string of the molecule is COCCCNC(=O)CN1CCN(C(=O)CC(NC(=O)c2ccccc2)c2ccccc2)CC1. The standard InChI is InChI=1S/C26H34N4O4/c1-34-18-8-13-27-24(31)20-29-14-16-30(17-15-29)25(32)19-23(21-9-4-2-5-10-21)28-26(33)22-11-6-3-7-12-22/h2-7,9-12,23H,8,13-20H2,1H3,(H,27,31)(H,28,33). The monoisotopic (exact) mass is 466 g/mol. The molecule has 1 unspecified atom stereocenters. The Morgan fingerprint density at radius 3 is 2.24 bits per heavy atom. The molecule has 182 valence electrons. The summed E-state index contributed by atoms with van der Waals surface area (Å²) in [5.41, 5.74) is 1.45. The molecule has 34 heavy (non-hydrogen) atoms. The molecule has 0 aromatic heterocycles. The van der Waals surface area contributed by atoms with Gasteiger partial charge in [0.05, 0.1) is 19.0 Å². The van der Waals surface area contributed by atoms with Gasteiger partial charge < -0.3 is 20.3 Å². The second-order valence-electron chi connectivity index (χ2n) is 8.36. The van der Waals surface area contributed by atoms with Gasteiger partial charge in [0.15, 0.2) is 0 Å². The van der Waals surface area contributed by atoms with Crippen LogP contribution in [0, 0.1) is 0 Å². The molecule has 1 atom stereocenters. The molecule has 0 bridgehead atoms. The second-order valence-corrected chi connectivity index (χ2v) is 8.36. The summed E-state index contributed by atoms with van der Waals surface area (Å²) < 4.78 is 4.98. The first-order chi connectivity index (χ1) is 16.6. The molecule has 1 heterocycles. The summed E-state index contributed by atoms with van der Waals surface area (Å²) in [6, 6.07) is 18.2. The minimum atomic E-state index is -0.419. The topological polar surface area (TPSA) is 91.0 Å². The molecule has 2 N–H and O–H groups in total. The van der Waals surface area contributed by atoms with E-state index in [9.17, 15) is 14.4 Å². The summed E-state index contributed by atoms with van der Waals surface area (Å²) in [5, 5.41) is 5.92.